The zero-order chi connectivity index (χ0) is 24.8. The number of carbonyl (C=O) groups is 2. The van der Waals surface area contributed by atoms with Gasteiger partial charge in [0.25, 0.3) is 0 Å². The largest absolute Gasteiger partial charge is 0.480 e. The first kappa shape index (κ1) is 28.0. The zero-order valence-corrected chi connectivity index (χ0v) is 21.0. The fraction of sp³-hybridized carbons (Fsp3) is 0.731. The molecular weight excluding hydrogens is 435 g/mol. The van der Waals surface area contributed by atoms with Crippen molar-refractivity contribution in [2.75, 3.05) is 38.2 Å². The van der Waals surface area contributed by atoms with Gasteiger partial charge in [0.2, 0.25) is 5.91 Å². The van der Waals surface area contributed by atoms with E-state index in [1.807, 2.05) is 13.8 Å². The fourth-order valence-electron chi connectivity index (χ4n) is 4.43. The van der Waals surface area contributed by atoms with Gasteiger partial charge in [0.15, 0.2) is 0 Å². The zero-order valence-electron chi connectivity index (χ0n) is 21.0. The van der Waals surface area contributed by atoms with E-state index in [0.717, 1.165) is 69.5 Å². The summed E-state index contributed by atoms with van der Waals surface area (Å²) in [4.78, 5) is 30.8. The van der Waals surface area contributed by atoms with Crippen LogP contribution in [0.1, 0.15) is 76.5 Å². The summed E-state index contributed by atoms with van der Waals surface area (Å²) in [5.74, 6) is 0.0639. The van der Waals surface area contributed by atoms with Gasteiger partial charge in [0.1, 0.15) is 11.9 Å². The van der Waals surface area contributed by atoms with E-state index in [4.69, 9.17) is 4.98 Å². The van der Waals surface area contributed by atoms with E-state index in [1.54, 1.807) is 0 Å². The highest BCUT2D eigenvalue weighted by atomic mass is 19.1. The summed E-state index contributed by atoms with van der Waals surface area (Å²) in [5, 5.41) is 15.6. The Bertz CT molecular complexity index is 758. The number of rotatable bonds is 17. The predicted octanol–water partition coefficient (Wildman–Crippen LogP) is 4.21. The van der Waals surface area contributed by atoms with Crippen molar-refractivity contribution >= 4 is 17.7 Å². The van der Waals surface area contributed by atoms with E-state index in [9.17, 15) is 19.1 Å². The number of carboxylic acid groups (broad SMARTS) is 1. The molecule has 7 nitrogen and oxygen atoms in total. The summed E-state index contributed by atoms with van der Waals surface area (Å²) < 4.78 is 12.8. The molecule has 1 aromatic rings. The lowest BCUT2D eigenvalue weighted by molar-refractivity contribution is -0.142. The van der Waals surface area contributed by atoms with Crippen LogP contribution in [0.15, 0.2) is 12.1 Å². The molecule has 0 saturated carbocycles. The molecule has 2 rings (SSSR count). The molecule has 8 heteroatoms. The number of aromatic nitrogens is 1. The van der Waals surface area contributed by atoms with Crippen LogP contribution in [0.25, 0.3) is 0 Å². The lowest BCUT2D eigenvalue weighted by Crippen LogP contribution is -2.43. The molecule has 0 radical (unpaired) electrons. The molecule has 0 saturated heterocycles. The van der Waals surface area contributed by atoms with Crippen molar-refractivity contribution in [1.29, 1.82) is 0 Å². The van der Waals surface area contributed by atoms with Crippen LogP contribution in [0, 0.1) is 5.92 Å². The topological polar surface area (TPSA) is 94.6 Å². The van der Waals surface area contributed by atoms with Gasteiger partial charge < -0.3 is 20.6 Å². The lowest BCUT2D eigenvalue weighted by Gasteiger charge is -2.24. The third kappa shape index (κ3) is 9.95. The van der Waals surface area contributed by atoms with Crippen LogP contribution in [0.4, 0.5) is 10.2 Å². The monoisotopic (exact) mass is 478 g/mol. The van der Waals surface area contributed by atoms with Crippen LogP contribution >= 0.6 is 0 Å². The molecule has 1 atom stereocenters. The Morgan fingerprint density at radius 3 is 2.65 bits per heavy atom. The summed E-state index contributed by atoms with van der Waals surface area (Å²) in [6.07, 6.45) is 7.90. The van der Waals surface area contributed by atoms with Crippen LogP contribution in [-0.4, -0.2) is 65.8 Å². The quantitative estimate of drug-likeness (QED) is 0.290. The lowest BCUT2D eigenvalue weighted by atomic mass is 9.99. The van der Waals surface area contributed by atoms with E-state index in [-0.39, 0.29) is 11.8 Å². The second kappa shape index (κ2) is 15.6. The number of aliphatic carboxylic acids is 1. The molecule has 34 heavy (non-hydrogen) atoms. The van der Waals surface area contributed by atoms with E-state index in [1.165, 1.54) is 5.56 Å². The van der Waals surface area contributed by atoms with E-state index < -0.39 is 18.7 Å². The summed E-state index contributed by atoms with van der Waals surface area (Å²) in [5.41, 5.74) is 2.36. The number of aryl methyl sites for hydroxylation is 2. The molecule has 0 aliphatic carbocycles. The average molecular weight is 479 g/mol. The summed E-state index contributed by atoms with van der Waals surface area (Å²) in [6, 6.07) is 3.36. The Morgan fingerprint density at radius 1 is 1.18 bits per heavy atom. The third-order valence-electron chi connectivity index (χ3n) is 6.71. The first-order chi connectivity index (χ1) is 16.5. The van der Waals surface area contributed by atoms with Crippen molar-refractivity contribution in [3.8, 4) is 0 Å². The van der Waals surface area contributed by atoms with Gasteiger partial charge in [0, 0.05) is 31.7 Å². The molecule has 2 heterocycles. The maximum atomic E-state index is 12.8. The molecule has 1 amide bonds. The molecule has 1 aliphatic heterocycles. The van der Waals surface area contributed by atoms with Crippen molar-refractivity contribution in [1.82, 2.24) is 15.2 Å². The highest BCUT2D eigenvalue weighted by molar-refractivity contribution is 5.83. The summed E-state index contributed by atoms with van der Waals surface area (Å²) in [6.45, 7) is 6.54. The van der Waals surface area contributed by atoms with Crippen molar-refractivity contribution in [3.63, 3.8) is 0 Å². The van der Waals surface area contributed by atoms with Crippen molar-refractivity contribution < 1.29 is 19.1 Å². The highest BCUT2D eigenvalue weighted by Crippen LogP contribution is 2.20. The average Bonchev–Trinajstić information content (AvgIpc) is 2.85. The van der Waals surface area contributed by atoms with E-state index in [0.29, 0.717) is 32.4 Å². The van der Waals surface area contributed by atoms with Gasteiger partial charge in [-0.25, -0.2) is 9.78 Å². The number of nitrogens with zero attached hydrogens (tertiary/aromatic N) is 2. The van der Waals surface area contributed by atoms with Gasteiger partial charge in [-0.15, -0.1) is 0 Å². The minimum atomic E-state index is -1.02. The maximum absolute atomic E-state index is 12.8. The van der Waals surface area contributed by atoms with Crippen molar-refractivity contribution in [2.24, 2.45) is 5.92 Å². The van der Waals surface area contributed by atoms with Crippen LogP contribution in [0.3, 0.4) is 0 Å². The number of hydrogen-bond donors (Lipinski definition) is 3. The van der Waals surface area contributed by atoms with Gasteiger partial charge in [-0.05, 0) is 69.0 Å². The van der Waals surface area contributed by atoms with Gasteiger partial charge >= 0.3 is 5.97 Å². The van der Waals surface area contributed by atoms with E-state index in [2.05, 4.69) is 27.7 Å². The smallest absolute Gasteiger partial charge is 0.326 e. The number of pyridine rings is 1. The van der Waals surface area contributed by atoms with Crippen LogP contribution in [0.5, 0.6) is 0 Å². The summed E-state index contributed by atoms with van der Waals surface area (Å²) in [7, 11) is 0. The predicted molar refractivity (Wildman–Crippen MR) is 134 cm³/mol. The standard InChI is InChI=1S/C26H43FN4O3/c1-3-20(4-2)19-24(32)30-23(26(33)34)13-18-31(17-8-14-27)16-6-5-10-22-12-11-21-9-7-15-28-25(21)29-22/h11-12,20,23H,3-10,13-19H2,1-2H3,(H,28,29)(H,30,32)(H,33,34). The molecule has 0 spiro atoms. The Morgan fingerprint density at radius 2 is 1.94 bits per heavy atom. The van der Waals surface area contributed by atoms with Gasteiger partial charge in [-0.1, -0.05) is 32.8 Å². The summed E-state index contributed by atoms with van der Waals surface area (Å²) >= 11 is 0. The number of carboxylic acids is 1. The maximum Gasteiger partial charge on any atom is 0.326 e. The molecule has 1 aliphatic rings. The molecule has 192 valence electrons. The minimum absolute atomic E-state index is 0.205. The minimum Gasteiger partial charge on any atom is -0.480 e. The van der Waals surface area contributed by atoms with Gasteiger partial charge in [0.05, 0.1) is 6.67 Å². The third-order valence-corrected chi connectivity index (χ3v) is 6.71. The normalized spacial score (nSPS) is 14.0. The molecule has 3 N–H and O–H groups in total. The molecule has 1 aromatic heterocycles. The Kier molecular flexibility index (Phi) is 12.9. The number of anilines is 1. The van der Waals surface area contributed by atoms with E-state index >= 15 is 0 Å². The number of hydrogen-bond acceptors (Lipinski definition) is 5. The van der Waals surface area contributed by atoms with Gasteiger partial charge in [-0.3, -0.25) is 9.18 Å². The number of fused-ring (bicyclic) bond motifs is 1. The Labute approximate surface area is 203 Å². The number of amides is 1. The molecule has 1 unspecified atom stereocenters. The number of nitrogens with one attached hydrogen (secondary N) is 2. The van der Waals surface area contributed by atoms with Crippen molar-refractivity contribution in [2.45, 2.75) is 84.1 Å². The van der Waals surface area contributed by atoms with Crippen LogP contribution < -0.4 is 10.6 Å². The van der Waals surface area contributed by atoms with Gasteiger partial charge in [-0.2, -0.15) is 0 Å². The number of alkyl halides is 1. The molecular formula is C26H43FN4O3. The Hall–Kier alpha value is -2.22. The number of carbonyl (C=O) groups excluding carboxylic acids is 1. The fourth-order valence-corrected chi connectivity index (χ4v) is 4.43. The van der Waals surface area contributed by atoms with Crippen LogP contribution in [0.2, 0.25) is 0 Å². The first-order valence-electron chi connectivity index (χ1n) is 13.0. The second-order valence-electron chi connectivity index (χ2n) is 9.32. The van der Waals surface area contributed by atoms with Crippen molar-refractivity contribution in [3.05, 3.63) is 23.4 Å². The second-order valence-corrected chi connectivity index (χ2v) is 9.32. The molecule has 0 aromatic carbocycles. The Balaban J connectivity index is 1.79. The molecule has 0 fully saturated rings. The number of halogens is 1. The SMILES string of the molecule is CCC(CC)CC(=O)NC(CCN(CCCF)CCCCc1ccc2c(n1)NCCC2)C(=O)O. The highest BCUT2D eigenvalue weighted by Gasteiger charge is 2.22. The number of unbranched alkanes of at least 4 members (excludes halogenated alkanes) is 1. The molecule has 0 bridgehead atoms. The van der Waals surface area contributed by atoms with Crippen LogP contribution in [-0.2, 0) is 22.4 Å². The first-order valence-corrected chi connectivity index (χ1v) is 13.0.